The highest BCUT2D eigenvalue weighted by atomic mass is 16.5. The van der Waals surface area contributed by atoms with Gasteiger partial charge in [-0.3, -0.25) is 0 Å². The molecule has 4 aromatic rings. The van der Waals surface area contributed by atoms with Crippen molar-refractivity contribution in [2.45, 2.75) is 96.8 Å². The topological polar surface area (TPSA) is 84.0 Å². The minimum Gasteiger partial charge on any atom is -0.494 e. The lowest BCUT2D eigenvalue weighted by Crippen LogP contribution is -2.03. The summed E-state index contributed by atoms with van der Waals surface area (Å²) in [5.41, 5.74) is 4.89. The van der Waals surface area contributed by atoms with E-state index in [4.69, 9.17) is 14.7 Å². The summed E-state index contributed by atoms with van der Waals surface area (Å²) in [7, 11) is 0. The van der Waals surface area contributed by atoms with E-state index in [1.165, 1.54) is 89.5 Å². The zero-order valence-corrected chi connectivity index (χ0v) is 29.6. The molecule has 0 spiro atoms. The molecule has 50 heavy (non-hydrogen) atoms. The fourth-order valence-electron chi connectivity index (χ4n) is 5.63. The van der Waals surface area contributed by atoms with E-state index in [1.807, 2.05) is 60.7 Å². The number of nitriles is 1. The van der Waals surface area contributed by atoms with Gasteiger partial charge < -0.3 is 9.47 Å². The normalized spacial score (nSPS) is 11.2. The first kappa shape index (κ1) is 37.8. The standard InChI is InChI=1S/C44H51N3O3/c1-2-3-4-5-6-7-8-9-10-11-12-13-14-15-34-49-42-29-18-36(19-30-42)20-33-44(48)50-43-31-23-39(24-32-43)38-21-27-41(28-22-38)47-46-40-25-16-37(35-45)17-26-40/h16-33H,2-15,34H2,1H3/b33-20+,47-46?. The molecule has 0 heterocycles. The van der Waals surface area contributed by atoms with Crippen molar-refractivity contribution in [2.24, 2.45) is 10.2 Å². The molecule has 4 rings (SSSR count). The van der Waals surface area contributed by atoms with Gasteiger partial charge in [0.15, 0.2) is 0 Å². The third-order valence-corrected chi connectivity index (χ3v) is 8.61. The van der Waals surface area contributed by atoms with Crippen LogP contribution in [-0.2, 0) is 4.79 Å². The Labute approximate surface area is 298 Å². The second-order valence-electron chi connectivity index (χ2n) is 12.7. The number of hydrogen-bond acceptors (Lipinski definition) is 6. The number of hydrogen-bond donors (Lipinski definition) is 0. The molecule has 0 radical (unpaired) electrons. The Balaban J connectivity index is 1.08. The van der Waals surface area contributed by atoms with Crippen molar-refractivity contribution in [3.8, 4) is 28.7 Å². The van der Waals surface area contributed by atoms with E-state index in [-0.39, 0.29) is 0 Å². The number of ether oxygens (including phenoxy) is 2. The molecule has 0 aliphatic heterocycles. The van der Waals surface area contributed by atoms with Crippen LogP contribution >= 0.6 is 0 Å². The molecule has 0 aromatic heterocycles. The monoisotopic (exact) mass is 669 g/mol. The summed E-state index contributed by atoms with van der Waals surface area (Å²) in [6.45, 7) is 3.01. The van der Waals surface area contributed by atoms with Crippen LogP contribution in [0.2, 0.25) is 0 Å². The number of carbonyl (C=O) groups is 1. The lowest BCUT2D eigenvalue weighted by molar-refractivity contribution is -0.128. The average molecular weight is 670 g/mol. The van der Waals surface area contributed by atoms with E-state index >= 15 is 0 Å². The van der Waals surface area contributed by atoms with E-state index in [2.05, 4.69) is 23.2 Å². The number of benzene rings is 4. The van der Waals surface area contributed by atoms with Crippen LogP contribution in [0.15, 0.2) is 113 Å². The van der Waals surface area contributed by atoms with Gasteiger partial charge in [-0.25, -0.2) is 4.79 Å². The fourth-order valence-corrected chi connectivity index (χ4v) is 5.63. The molecule has 0 aliphatic rings. The third-order valence-electron chi connectivity index (χ3n) is 8.61. The van der Waals surface area contributed by atoms with Gasteiger partial charge in [-0.15, -0.1) is 0 Å². The van der Waals surface area contributed by atoms with Crippen molar-refractivity contribution in [1.29, 1.82) is 5.26 Å². The molecule has 6 nitrogen and oxygen atoms in total. The highest BCUT2D eigenvalue weighted by Crippen LogP contribution is 2.26. The first-order valence-corrected chi connectivity index (χ1v) is 18.4. The second-order valence-corrected chi connectivity index (χ2v) is 12.7. The van der Waals surface area contributed by atoms with Crippen molar-refractivity contribution in [2.75, 3.05) is 6.61 Å². The quantitative estimate of drug-likeness (QED) is 0.0274. The minimum absolute atomic E-state index is 0.437. The maximum atomic E-state index is 12.4. The van der Waals surface area contributed by atoms with Gasteiger partial charge in [0.1, 0.15) is 11.5 Å². The zero-order valence-electron chi connectivity index (χ0n) is 29.6. The van der Waals surface area contributed by atoms with E-state index < -0.39 is 5.97 Å². The van der Waals surface area contributed by atoms with E-state index in [0.717, 1.165) is 41.2 Å². The van der Waals surface area contributed by atoms with Gasteiger partial charge in [0, 0.05) is 6.08 Å². The Kier molecular flexibility index (Phi) is 17.1. The maximum absolute atomic E-state index is 12.4. The van der Waals surface area contributed by atoms with Crippen LogP contribution in [0.25, 0.3) is 17.2 Å². The SMILES string of the molecule is CCCCCCCCCCCCCCCCOc1ccc(/C=C/C(=O)Oc2ccc(-c3ccc(N=Nc4ccc(C#N)cc4)cc3)cc2)cc1. The van der Waals surface area contributed by atoms with Crippen molar-refractivity contribution in [3.05, 3.63) is 114 Å². The van der Waals surface area contributed by atoms with Gasteiger partial charge in [-0.05, 0) is 89.9 Å². The molecule has 0 saturated heterocycles. The van der Waals surface area contributed by atoms with Crippen LogP contribution in [0.1, 0.15) is 108 Å². The van der Waals surface area contributed by atoms with Crippen molar-refractivity contribution >= 4 is 23.4 Å². The van der Waals surface area contributed by atoms with Gasteiger partial charge in [-0.2, -0.15) is 15.5 Å². The van der Waals surface area contributed by atoms with Crippen LogP contribution in [-0.4, -0.2) is 12.6 Å². The number of rotatable bonds is 22. The molecule has 0 N–H and O–H groups in total. The summed E-state index contributed by atoms with van der Waals surface area (Å²) in [5.74, 6) is 0.887. The third kappa shape index (κ3) is 14.6. The zero-order chi connectivity index (χ0) is 35.1. The average Bonchev–Trinajstić information content (AvgIpc) is 3.16. The fraction of sp³-hybridized carbons (Fsp3) is 0.364. The molecule has 260 valence electrons. The van der Waals surface area contributed by atoms with Crippen molar-refractivity contribution < 1.29 is 14.3 Å². The van der Waals surface area contributed by atoms with E-state index in [9.17, 15) is 4.79 Å². The summed E-state index contributed by atoms with van der Waals surface area (Å²) in [6.07, 6.45) is 22.0. The Morgan fingerprint density at radius 3 is 1.58 bits per heavy atom. The molecular weight excluding hydrogens is 619 g/mol. The van der Waals surface area contributed by atoms with Gasteiger partial charge >= 0.3 is 5.97 Å². The predicted octanol–water partition coefficient (Wildman–Crippen LogP) is 13.1. The largest absolute Gasteiger partial charge is 0.494 e. The van der Waals surface area contributed by atoms with Gasteiger partial charge in [-0.1, -0.05) is 127 Å². The second kappa shape index (κ2) is 22.6. The summed E-state index contributed by atoms with van der Waals surface area (Å²) in [5, 5.41) is 17.4. The van der Waals surface area contributed by atoms with Gasteiger partial charge in [0.05, 0.1) is 29.6 Å². The molecule has 0 amide bonds. The molecule has 0 atom stereocenters. The van der Waals surface area contributed by atoms with Crippen LogP contribution in [0, 0.1) is 11.3 Å². The van der Waals surface area contributed by atoms with Gasteiger partial charge in [0.2, 0.25) is 0 Å². The summed E-state index contributed by atoms with van der Waals surface area (Å²) < 4.78 is 11.4. The maximum Gasteiger partial charge on any atom is 0.336 e. The molecule has 0 bridgehead atoms. The molecule has 4 aromatic carbocycles. The van der Waals surface area contributed by atoms with Crippen molar-refractivity contribution in [3.63, 3.8) is 0 Å². The van der Waals surface area contributed by atoms with Crippen molar-refractivity contribution in [1.82, 2.24) is 0 Å². The number of azo groups is 1. The van der Waals surface area contributed by atoms with Gasteiger partial charge in [0.25, 0.3) is 0 Å². The Bertz CT molecular complexity index is 1640. The summed E-state index contributed by atoms with van der Waals surface area (Å²) in [6, 6.07) is 31.9. The highest BCUT2D eigenvalue weighted by Gasteiger charge is 2.04. The Morgan fingerprint density at radius 2 is 1.06 bits per heavy atom. The van der Waals surface area contributed by atoms with E-state index in [1.54, 1.807) is 42.5 Å². The van der Waals surface area contributed by atoms with Crippen LogP contribution in [0.4, 0.5) is 11.4 Å². The van der Waals surface area contributed by atoms with E-state index in [0.29, 0.717) is 17.0 Å². The Morgan fingerprint density at radius 1 is 0.600 bits per heavy atom. The lowest BCUT2D eigenvalue weighted by Gasteiger charge is -2.07. The number of carbonyl (C=O) groups excluding carboxylic acids is 1. The Hall–Kier alpha value is -5.02. The number of esters is 1. The number of unbranched alkanes of at least 4 members (excludes halogenated alkanes) is 13. The summed E-state index contributed by atoms with van der Waals surface area (Å²) >= 11 is 0. The van der Waals surface area contributed by atoms with Crippen LogP contribution in [0.3, 0.4) is 0 Å². The first-order chi connectivity index (χ1) is 24.6. The predicted molar refractivity (Wildman–Crippen MR) is 204 cm³/mol. The number of nitrogens with zero attached hydrogens (tertiary/aromatic N) is 3. The first-order valence-electron chi connectivity index (χ1n) is 18.4. The molecular formula is C44H51N3O3. The molecule has 0 fully saturated rings. The molecule has 0 unspecified atom stereocenters. The highest BCUT2D eigenvalue weighted by molar-refractivity contribution is 5.88. The smallest absolute Gasteiger partial charge is 0.336 e. The molecule has 0 aliphatic carbocycles. The summed E-state index contributed by atoms with van der Waals surface area (Å²) in [4.78, 5) is 12.4. The lowest BCUT2D eigenvalue weighted by atomic mass is 10.0. The van der Waals surface area contributed by atoms with Crippen LogP contribution in [0.5, 0.6) is 11.5 Å². The van der Waals surface area contributed by atoms with Crippen LogP contribution < -0.4 is 9.47 Å². The minimum atomic E-state index is -0.437. The molecule has 6 heteroatoms. The molecule has 0 saturated carbocycles.